The average molecular weight is 285 g/mol. The molecule has 0 aliphatic carbocycles. The number of nitrogens with one attached hydrogen (secondary N) is 1. The van der Waals surface area contributed by atoms with E-state index in [4.69, 9.17) is 11.6 Å². The van der Waals surface area contributed by atoms with Crippen molar-refractivity contribution < 1.29 is 4.39 Å². The van der Waals surface area contributed by atoms with E-state index in [1.807, 2.05) is 0 Å². The first-order valence-electron chi connectivity index (χ1n) is 5.69. The highest BCUT2D eigenvalue weighted by Crippen LogP contribution is 2.27. The summed E-state index contributed by atoms with van der Waals surface area (Å²) in [6.45, 7) is 0.754. The van der Waals surface area contributed by atoms with Crippen LogP contribution < -0.4 is 5.32 Å². The van der Waals surface area contributed by atoms with Crippen LogP contribution in [0.5, 0.6) is 0 Å². The van der Waals surface area contributed by atoms with E-state index in [-0.39, 0.29) is 5.82 Å². The maximum atomic E-state index is 14.2. The highest BCUT2D eigenvalue weighted by Gasteiger charge is 2.09. The third-order valence-corrected chi connectivity index (χ3v) is 3.67. The Morgan fingerprint density at radius 3 is 3.00 bits per heavy atom. The Labute approximate surface area is 115 Å². The van der Waals surface area contributed by atoms with Crippen molar-refractivity contribution in [2.24, 2.45) is 0 Å². The smallest absolute Gasteiger partial charge is 0.172 e. The van der Waals surface area contributed by atoms with Crippen LogP contribution in [0.25, 0.3) is 10.9 Å². The van der Waals surface area contributed by atoms with Crippen molar-refractivity contribution in [1.82, 2.24) is 4.98 Å². The van der Waals surface area contributed by atoms with Crippen LogP contribution in [0.15, 0.2) is 24.4 Å². The molecule has 0 bridgehead atoms. The van der Waals surface area contributed by atoms with E-state index in [9.17, 15) is 4.39 Å². The third-order valence-electron chi connectivity index (χ3n) is 2.64. The van der Waals surface area contributed by atoms with Gasteiger partial charge in [0, 0.05) is 18.1 Å². The van der Waals surface area contributed by atoms with Gasteiger partial charge >= 0.3 is 0 Å². The largest absolute Gasteiger partial charge is 0.383 e. The molecule has 5 heteroatoms. The molecule has 0 atom stereocenters. The first-order valence-corrected chi connectivity index (χ1v) is 7.46. The Bertz CT molecular complexity index is 548. The summed E-state index contributed by atoms with van der Waals surface area (Å²) in [4.78, 5) is 4.04. The number of halogens is 2. The van der Waals surface area contributed by atoms with E-state index < -0.39 is 0 Å². The molecular formula is C13H14ClFN2S. The lowest BCUT2D eigenvalue weighted by molar-refractivity contribution is 0.639. The van der Waals surface area contributed by atoms with Gasteiger partial charge in [0.05, 0.1) is 10.7 Å². The second-order valence-electron chi connectivity index (χ2n) is 3.89. The van der Waals surface area contributed by atoms with Gasteiger partial charge in [0.15, 0.2) is 5.82 Å². The Morgan fingerprint density at radius 1 is 1.39 bits per heavy atom. The van der Waals surface area contributed by atoms with E-state index in [0.29, 0.717) is 21.6 Å². The van der Waals surface area contributed by atoms with E-state index in [1.165, 1.54) is 6.20 Å². The molecule has 0 aliphatic rings. The number of hydrogen-bond donors (Lipinski definition) is 1. The van der Waals surface area contributed by atoms with Crippen LogP contribution in [0.4, 0.5) is 10.1 Å². The molecule has 0 unspecified atom stereocenters. The normalized spacial score (nSPS) is 10.8. The first kappa shape index (κ1) is 13.4. The standard InChI is InChI=1S/C13H14ClFN2S/c1-18-8-2-6-16-11-4-3-9-10(14)5-7-17-13(9)12(11)15/h3-5,7,16H,2,6,8H2,1H3. The number of fused-ring (bicyclic) bond motifs is 1. The maximum Gasteiger partial charge on any atom is 0.172 e. The van der Waals surface area contributed by atoms with Crippen molar-refractivity contribution in [3.05, 3.63) is 35.2 Å². The van der Waals surface area contributed by atoms with Crippen LogP contribution in [-0.4, -0.2) is 23.5 Å². The van der Waals surface area contributed by atoms with Gasteiger partial charge in [-0.3, -0.25) is 4.98 Å². The van der Waals surface area contributed by atoms with Gasteiger partial charge in [-0.1, -0.05) is 11.6 Å². The van der Waals surface area contributed by atoms with Crippen molar-refractivity contribution in [3.8, 4) is 0 Å². The minimum Gasteiger partial charge on any atom is -0.383 e. The second kappa shape index (κ2) is 6.25. The molecule has 0 radical (unpaired) electrons. The first-order chi connectivity index (χ1) is 8.74. The summed E-state index contributed by atoms with van der Waals surface area (Å²) in [5.41, 5.74) is 0.802. The predicted octanol–water partition coefficient (Wildman–Crippen LogP) is 4.19. The van der Waals surface area contributed by atoms with Gasteiger partial charge in [0.25, 0.3) is 0 Å². The van der Waals surface area contributed by atoms with Crippen LogP contribution in [0, 0.1) is 5.82 Å². The summed E-state index contributed by atoms with van der Waals surface area (Å²) in [7, 11) is 0. The number of anilines is 1. The topological polar surface area (TPSA) is 24.9 Å². The molecule has 1 aromatic carbocycles. The molecule has 0 amide bonds. The maximum absolute atomic E-state index is 14.2. The number of hydrogen-bond acceptors (Lipinski definition) is 3. The molecule has 2 rings (SSSR count). The summed E-state index contributed by atoms with van der Waals surface area (Å²) in [5, 5.41) is 4.25. The van der Waals surface area contributed by atoms with Crippen molar-refractivity contribution in [2.45, 2.75) is 6.42 Å². The third kappa shape index (κ3) is 2.87. The number of aromatic nitrogens is 1. The van der Waals surface area contributed by atoms with Crippen LogP contribution in [0.2, 0.25) is 5.02 Å². The number of rotatable bonds is 5. The molecule has 0 saturated carbocycles. The zero-order valence-corrected chi connectivity index (χ0v) is 11.6. The van der Waals surface area contributed by atoms with E-state index in [1.54, 1.807) is 30.0 Å². The fourth-order valence-corrected chi connectivity index (χ4v) is 2.37. The van der Waals surface area contributed by atoms with Crippen molar-refractivity contribution in [1.29, 1.82) is 0 Å². The molecule has 0 saturated heterocycles. The Kier molecular flexibility index (Phi) is 4.66. The molecule has 0 fully saturated rings. The van der Waals surface area contributed by atoms with E-state index in [2.05, 4.69) is 16.6 Å². The summed E-state index contributed by atoms with van der Waals surface area (Å²) < 4.78 is 14.2. The number of nitrogens with zero attached hydrogens (tertiary/aromatic N) is 1. The molecule has 0 spiro atoms. The number of thioether (sulfide) groups is 1. The molecule has 0 aliphatic heterocycles. The van der Waals surface area contributed by atoms with Gasteiger partial charge < -0.3 is 5.32 Å². The summed E-state index contributed by atoms with van der Waals surface area (Å²) >= 11 is 7.78. The molecule has 96 valence electrons. The van der Waals surface area contributed by atoms with E-state index in [0.717, 1.165) is 18.7 Å². The molecule has 2 nitrogen and oxygen atoms in total. The fraction of sp³-hybridized carbons (Fsp3) is 0.308. The van der Waals surface area contributed by atoms with Crippen molar-refractivity contribution >= 4 is 40.0 Å². The van der Waals surface area contributed by atoms with E-state index >= 15 is 0 Å². The summed E-state index contributed by atoms with van der Waals surface area (Å²) in [5.74, 6) is 0.728. The lowest BCUT2D eigenvalue weighted by Crippen LogP contribution is -2.04. The van der Waals surface area contributed by atoms with Gasteiger partial charge in [0.1, 0.15) is 5.52 Å². The number of pyridine rings is 1. The molecule has 2 aromatic rings. The lowest BCUT2D eigenvalue weighted by atomic mass is 10.2. The average Bonchev–Trinajstić information content (AvgIpc) is 2.38. The second-order valence-corrected chi connectivity index (χ2v) is 5.28. The Balaban J connectivity index is 2.22. The van der Waals surface area contributed by atoms with Gasteiger partial charge in [-0.25, -0.2) is 4.39 Å². The van der Waals surface area contributed by atoms with Gasteiger partial charge in [-0.15, -0.1) is 0 Å². The fourth-order valence-electron chi connectivity index (χ4n) is 1.73. The quantitative estimate of drug-likeness (QED) is 0.833. The minimum atomic E-state index is -0.334. The van der Waals surface area contributed by atoms with Gasteiger partial charge in [0.2, 0.25) is 0 Å². The highest BCUT2D eigenvalue weighted by molar-refractivity contribution is 7.98. The van der Waals surface area contributed by atoms with Crippen molar-refractivity contribution in [3.63, 3.8) is 0 Å². The van der Waals surface area contributed by atoms with Gasteiger partial charge in [-0.05, 0) is 36.6 Å². The molecular weight excluding hydrogens is 271 g/mol. The predicted molar refractivity (Wildman–Crippen MR) is 78.2 cm³/mol. The molecule has 1 heterocycles. The molecule has 1 aromatic heterocycles. The monoisotopic (exact) mass is 284 g/mol. The van der Waals surface area contributed by atoms with Crippen LogP contribution in [0.1, 0.15) is 6.42 Å². The zero-order valence-electron chi connectivity index (χ0n) is 10.0. The SMILES string of the molecule is CSCCCNc1ccc2c(Cl)ccnc2c1F. The molecule has 1 N–H and O–H groups in total. The van der Waals surface area contributed by atoms with Crippen LogP contribution in [0.3, 0.4) is 0 Å². The lowest BCUT2D eigenvalue weighted by Gasteiger charge is -2.09. The molecule has 18 heavy (non-hydrogen) atoms. The van der Waals surface area contributed by atoms with Crippen molar-refractivity contribution in [2.75, 3.05) is 23.9 Å². The van der Waals surface area contributed by atoms with Gasteiger partial charge in [-0.2, -0.15) is 11.8 Å². The van der Waals surface area contributed by atoms with Crippen LogP contribution in [-0.2, 0) is 0 Å². The highest BCUT2D eigenvalue weighted by atomic mass is 35.5. The van der Waals surface area contributed by atoms with Crippen LogP contribution >= 0.6 is 23.4 Å². The summed E-state index contributed by atoms with van der Waals surface area (Å²) in [6, 6.07) is 5.17. The Morgan fingerprint density at radius 2 is 2.22 bits per heavy atom. The zero-order chi connectivity index (χ0) is 13.0. The summed E-state index contributed by atoms with van der Waals surface area (Å²) in [6.07, 6.45) is 4.58. The number of benzene rings is 1. The minimum absolute atomic E-state index is 0.317. The Hall–Kier alpha value is -1.00.